The summed E-state index contributed by atoms with van der Waals surface area (Å²) in [6, 6.07) is 16.2. The summed E-state index contributed by atoms with van der Waals surface area (Å²) in [6.45, 7) is 4.93. The number of halogens is 1. The Kier molecular flexibility index (Phi) is 7.59. The topological polar surface area (TPSA) is 65.0 Å². The van der Waals surface area contributed by atoms with Gasteiger partial charge in [-0.2, -0.15) is 0 Å². The Morgan fingerprint density at radius 2 is 1.83 bits per heavy atom. The summed E-state index contributed by atoms with van der Waals surface area (Å²) in [5.74, 6) is 1.06. The second-order valence-corrected chi connectivity index (χ2v) is 9.36. The molecule has 3 aromatic carbocycles. The molecule has 0 radical (unpaired) electrons. The molecule has 1 aliphatic carbocycles. The largest absolute Gasteiger partial charge is 0.497 e. The molecule has 184 valence electrons. The van der Waals surface area contributed by atoms with Crippen LogP contribution in [0.3, 0.4) is 0 Å². The van der Waals surface area contributed by atoms with Gasteiger partial charge >= 0.3 is 5.97 Å². The Hall–Kier alpha value is -3.54. The Bertz CT molecular complexity index is 1200. The molecule has 0 unspecified atom stereocenters. The third kappa shape index (κ3) is 5.94. The number of carboxylic acid groups (broad SMARTS) is 1. The van der Waals surface area contributed by atoms with Crippen molar-refractivity contribution in [1.29, 1.82) is 0 Å². The molecule has 0 saturated heterocycles. The first-order valence-electron chi connectivity index (χ1n) is 11.9. The van der Waals surface area contributed by atoms with Gasteiger partial charge in [0.15, 0.2) is 0 Å². The molecule has 1 atom stereocenters. The SMILES string of the molecule is COc1ccc(F)c(-c2ccc(COc3ccc4c(c3)[C@@H](CC(=O)O)CC4)cc2OCC(C)C)c1. The number of aryl methyl sites for hydroxylation is 1. The lowest BCUT2D eigenvalue weighted by Gasteiger charge is -2.17. The van der Waals surface area contributed by atoms with Crippen LogP contribution in [-0.2, 0) is 17.8 Å². The van der Waals surface area contributed by atoms with Gasteiger partial charge in [0.1, 0.15) is 29.7 Å². The second kappa shape index (κ2) is 10.8. The van der Waals surface area contributed by atoms with E-state index < -0.39 is 5.97 Å². The molecule has 1 aliphatic rings. The third-order valence-electron chi connectivity index (χ3n) is 6.23. The first-order chi connectivity index (χ1) is 16.8. The van der Waals surface area contributed by atoms with Crippen LogP contribution in [0.2, 0.25) is 0 Å². The van der Waals surface area contributed by atoms with Crippen molar-refractivity contribution < 1.29 is 28.5 Å². The Morgan fingerprint density at radius 3 is 2.57 bits per heavy atom. The van der Waals surface area contributed by atoms with Crippen molar-refractivity contribution in [3.8, 4) is 28.4 Å². The molecule has 0 bridgehead atoms. The molecule has 1 N–H and O–H groups in total. The molecule has 4 rings (SSSR count). The van der Waals surface area contributed by atoms with Gasteiger partial charge in [0.25, 0.3) is 0 Å². The van der Waals surface area contributed by atoms with Gasteiger partial charge in [-0.3, -0.25) is 4.79 Å². The quantitative estimate of drug-likeness (QED) is 0.355. The van der Waals surface area contributed by atoms with E-state index in [2.05, 4.69) is 13.8 Å². The fourth-order valence-electron chi connectivity index (χ4n) is 4.44. The van der Waals surface area contributed by atoms with Crippen molar-refractivity contribution in [3.05, 3.63) is 77.1 Å². The number of hydrogen-bond donors (Lipinski definition) is 1. The van der Waals surface area contributed by atoms with Crippen LogP contribution in [0.4, 0.5) is 4.39 Å². The zero-order chi connectivity index (χ0) is 24.9. The molecule has 0 saturated carbocycles. The molecule has 0 aromatic heterocycles. The summed E-state index contributed by atoms with van der Waals surface area (Å²) in [5.41, 5.74) is 4.21. The number of ether oxygens (including phenoxy) is 3. The predicted molar refractivity (Wildman–Crippen MR) is 133 cm³/mol. The fraction of sp³-hybridized carbons (Fsp3) is 0.345. The second-order valence-electron chi connectivity index (χ2n) is 9.36. The van der Waals surface area contributed by atoms with Crippen molar-refractivity contribution in [3.63, 3.8) is 0 Å². The molecule has 0 fully saturated rings. The van der Waals surface area contributed by atoms with E-state index in [9.17, 15) is 14.3 Å². The highest BCUT2D eigenvalue weighted by atomic mass is 19.1. The van der Waals surface area contributed by atoms with Gasteiger partial charge in [-0.15, -0.1) is 0 Å². The van der Waals surface area contributed by atoms with E-state index in [1.54, 1.807) is 19.2 Å². The molecule has 3 aromatic rings. The molecule has 35 heavy (non-hydrogen) atoms. The number of benzene rings is 3. The van der Waals surface area contributed by atoms with E-state index in [0.29, 0.717) is 47.5 Å². The van der Waals surface area contributed by atoms with Gasteiger partial charge in [-0.05, 0) is 77.8 Å². The molecule has 0 spiro atoms. The lowest BCUT2D eigenvalue weighted by Crippen LogP contribution is -2.07. The monoisotopic (exact) mass is 478 g/mol. The van der Waals surface area contributed by atoms with Gasteiger partial charge < -0.3 is 19.3 Å². The number of methoxy groups -OCH3 is 1. The first-order valence-corrected chi connectivity index (χ1v) is 11.9. The maximum absolute atomic E-state index is 14.7. The van der Waals surface area contributed by atoms with Gasteiger partial charge in [0, 0.05) is 11.1 Å². The first kappa shape index (κ1) is 24.6. The minimum absolute atomic E-state index is 0.0270. The molecular weight excluding hydrogens is 447 g/mol. The summed E-state index contributed by atoms with van der Waals surface area (Å²) < 4.78 is 32.1. The Labute approximate surface area is 205 Å². The highest BCUT2D eigenvalue weighted by Gasteiger charge is 2.25. The van der Waals surface area contributed by atoms with Crippen LogP contribution < -0.4 is 14.2 Å². The van der Waals surface area contributed by atoms with E-state index in [4.69, 9.17) is 14.2 Å². The standard InChI is InChI=1S/C29H31FO5/c1-18(2)16-35-28-12-19(4-10-24(28)26-14-22(33-3)9-11-27(26)30)17-34-23-8-7-20-5-6-21(13-29(31)32)25(20)15-23/h4,7-12,14-15,18,21H,5-6,13,16-17H2,1-3H3,(H,31,32)/t21-/m1/s1. The number of rotatable bonds is 10. The molecule has 6 heteroatoms. The molecule has 0 aliphatic heterocycles. The van der Waals surface area contributed by atoms with Gasteiger partial charge in [0.2, 0.25) is 0 Å². The minimum atomic E-state index is -0.782. The van der Waals surface area contributed by atoms with Crippen molar-refractivity contribution in [2.24, 2.45) is 5.92 Å². The van der Waals surface area contributed by atoms with Crippen molar-refractivity contribution >= 4 is 5.97 Å². The van der Waals surface area contributed by atoms with E-state index >= 15 is 0 Å². The van der Waals surface area contributed by atoms with Gasteiger partial charge in [-0.1, -0.05) is 32.0 Å². The lowest BCUT2D eigenvalue weighted by atomic mass is 9.98. The maximum Gasteiger partial charge on any atom is 0.303 e. The summed E-state index contributed by atoms with van der Waals surface area (Å²) in [6.07, 6.45) is 1.88. The van der Waals surface area contributed by atoms with E-state index in [-0.39, 0.29) is 18.2 Å². The Morgan fingerprint density at radius 1 is 1.03 bits per heavy atom. The van der Waals surface area contributed by atoms with Crippen LogP contribution in [-0.4, -0.2) is 24.8 Å². The van der Waals surface area contributed by atoms with Crippen molar-refractivity contribution in [1.82, 2.24) is 0 Å². The number of hydrogen-bond acceptors (Lipinski definition) is 4. The minimum Gasteiger partial charge on any atom is -0.497 e. The van der Waals surface area contributed by atoms with Crippen LogP contribution >= 0.6 is 0 Å². The average molecular weight is 479 g/mol. The molecule has 5 nitrogen and oxygen atoms in total. The van der Waals surface area contributed by atoms with E-state index in [0.717, 1.165) is 24.0 Å². The van der Waals surface area contributed by atoms with Crippen LogP contribution in [0.1, 0.15) is 49.3 Å². The highest BCUT2D eigenvalue weighted by molar-refractivity contribution is 5.73. The average Bonchev–Trinajstić information content (AvgIpc) is 3.23. The summed E-state index contributed by atoms with van der Waals surface area (Å²) >= 11 is 0. The number of aliphatic carboxylic acids is 1. The zero-order valence-electron chi connectivity index (χ0n) is 20.3. The zero-order valence-corrected chi connectivity index (χ0v) is 20.3. The number of fused-ring (bicyclic) bond motifs is 1. The maximum atomic E-state index is 14.7. The third-order valence-corrected chi connectivity index (χ3v) is 6.23. The number of carboxylic acids is 1. The molecule has 0 heterocycles. The summed E-state index contributed by atoms with van der Waals surface area (Å²) in [7, 11) is 1.55. The van der Waals surface area contributed by atoms with Crippen LogP contribution in [0.25, 0.3) is 11.1 Å². The highest BCUT2D eigenvalue weighted by Crippen LogP contribution is 2.38. The Balaban J connectivity index is 1.56. The number of carbonyl (C=O) groups is 1. The summed E-state index contributed by atoms with van der Waals surface area (Å²) in [5, 5.41) is 9.20. The normalized spacial score (nSPS) is 14.6. The van der Waals surface area contributed by atoms with Crippen LogP contribution in [0.5, 0.6) is 17.2 Å². The summed E-state index contributed by atoms with van der Waals surface area (Å²) in [4.78, 5) is 11.2. The van der Waals surface area contributed by atoms with E-state index in [1.165, 1.54) is 11.6 Å². The lowest BCUT2D eigenvalue weighted by molar-refractivity contribution is -0.137. The van der Waals surface area contributed by atoms with Crippen molar-refractivity contribution in [2.75, 3.05) is 13.7 Å². The van der Waals surface area contributed by atoms with Crippen LogP contribution in [0.15, 0.2) is 54.6 Å². The predicted octanol–water partition coefficient (Wildman–Crippen LogP) is 6.62. The van der Waals surface area contributed by atoms with Gasteiger partial charge in [-0.25, -0.2) is 4.39 Å². The fourth-order valence-corrected chi connectivity index (χ4v) is 4.44. The van der Waals surface area contributed by atoms with E-state index in [1.807, 2.05) is 36.4 Å². The van der Waals surface area contributed by atoms with Gasteiger partial charge in [0.05, 0.1) is 20.1 Å². The van der Waals surface area contributed by atoms with Crippen LogP contribution in [0, 0.1) is 11.7 Å². The van der Waals surface area contributed by atoms with Crippen molar-refractivity contribution in [2.45, 2.75) is 45.6 Å². The molecular formula is C29H31FO5. The molecule has 0 amide bonds. The smallest absolute Gasteiger partial charge is 0.303 e.